The standard InChI is InChI=1S/C11H13ClN4S/c1-3-10-14-9(12)4-11(15-10)16(2)5-8-6-17-7-13-8/h4,6-7H,3,5H2,1-2H3. The number of hydrogen-bond donors (Lipinski definition) is 0. The van der Waals surface area contributed by atoms with Crippen molar-refractivity contribution >= 4 is 28.8 Å². The zero-order valence-electron chi connectivity index (χ0n) is 9.72. The van der Waals surface area contributed by atoms with Crippen molar-refractivity contribution < 1.29 is 0 Å². The number of thiazole rings is 1. The van der Waals surface area contributed by atoms with Crippen molar-refractivity contribution in [3.8, 4) is 0 Å². The lowest BCUT2D eigenvalue weighted by Gasteiger charge is -2.17. The molecule has 0 amide bonds. The summed E-state index contributed by atoms with van der Waals surface area (Å²) in [4.78, 5) is 14.8. The zero-order valence-corrected chi connectivity index (χ0v) is 11.3. The number of nitrogens with zero attached hydrogens (tertiary/aromatic N) is 4. The van der Waals surface area contributed by atoms with Gasteiger partial charge in [0, 0.05) is 24.9 Å². The zero-order chi connectivity index (χ0) is 12.3. The first kappa shape index (κ1) is 12.3. The van der Waals surface area contributed by atoms with Crippen LogP contribution < -0.4 is 4.90 Å². The van der Waals surface area contributed by atoms with Gasteiger partial charge in [-0.3, -0.25) is 0 Å². The molecule has 2 heterocycles. The van der Waals surface area contributed by atoms with Gasteiger partial charge in [-0.05, 0) is 0 Å². The molecule has 2 rings (SSSR count). The van der Waals surface area contributed by atoms with Gasteiger partial charge in [-0.25, -0.2) is 15.0 Å². The van der Waals surface area contributed by atoms with Crippen molar-refractivity contribution in [2.75, 3.05) is 11.9 Å². The Hall–Kier alpha value is -1.20. The first-order valence-corrected chi connectivity index (χ1v) is 6.62. The highest BCUT2D eigenvalue weighted by atomic mass is 35.5. The molecule has 2 aromatic rings. The second kappa shape index (κ2) is 5.42. The maximum absolute atomic E-state index is 5.96. The molecule has 17 heavy (non-hydrogen) atoms. The van der Waals surface area contributed by atoms with Gasteiger partial charge in [0.1, 0.15) is 16.8 Å². The van der Waals surface area contributed by atoms with Crippen LogP contribution in [0.15, 0.2) is 17.0 Å². The van der Waals surface area contributed by atoms with E-state index >= 15 is 0 Å². The Morgan fingerprint density at radius 3 is 2.88 bits per heavy atom. The van der Waals surface area contributed by atoms with Crippen molar-refractivity contribution in [1.29, 1.82) is 0 Å². The van der Waals surface area contributed by atoms with Gasteiger partial charge < -0.3 is 4.90 Å². The lowest BCUT2D eigenvalue weighted by Crippen LogP contribution is -2.18. The minimum Gasteiger partial charge on any atom is -0.354 e. The largest absolute Gasteiger partial charge is 0.354 e. The first-order valence-electron chi connectivity index (χ1n) is 5.30. The van der Waals surface area contributed by atoms with Crippen LogP contribution in [0.3, 0.4) is 0 Å². The van der Waals surface area contributed by atoms with Crippen LogP contribution in [0.2, 0.25) is 5.15 Å². The second-order valence-corrected chi connectivity index (χ2v) is 4.76. The van der Waals surface area contributed by atoms with E-state index in [-0.39, 0.29) is 0 Å². The molecule has 6 heteroatoms. The van der Waals surface area contributed by atoms with Crippen LogP contribution in [0, 0.1) is 0 Å². The predicted molar refractivity (Wildman–Crippen MR) is 70.6 cm³/mol. The van der Waals surface area contributed by atoms with Gasteiger partial charge in [-0.15, -0.1) is 11.3 Å². The van der Waals surface area contributed by atoms with E-state index in [1.165, 1.54) is 0 Å². The molecule has 90 valence electrons. The second-order valence-electron chi connectivity index (χ2n) is 3.65. The molecule has 0 saturated carbocycles. The van der Waals surface area contributed by atoms with Gasteiger partial charge in [0.05, 0.1) is 17.7 Å². The Morgan fingerprint density at radius 1 is 1.41 bits per heavy atom. The van der Waals surface area contributed by atoms with Crippen LogP contribution in [-0.4, -0.2) is 22.0 Å². The van der Waals surface area contributed by atoms with Crippen molar-refractivity contribution in [3.05, 3.63) is 33.6 Å². The quantitative estimate of drug-likeness (QED) is 0.800. The predicted octanol–water partition coefficient (Wildman–Crippen LogP) is 2.79. The third-order valence-electron chi connectivity index (χ3n) is 2.32. The van der Waals surface area contributed by atoms with Crippen LogP contribution >= 0.6 is 22.9 Å². The van der Waals surface area contributed by atoms with Crippen molar-refractivity contribution in [2.45, 2.75) is 19.9 Å². The molecule has 0 fully saturated rings. The Bertz CT molecular complexity index is 486. The summed E-state index contributed by atoms with van der Waals surface area (Å²) in [6, 6.07) is 1.77. The average molecular weight is 269 g/mol. The normalized spacial score (nSPS) is 10.5. The van der Waals surface area contributed by atoms with Gasteiger partial charge in [-0.2, -0.15) is 0 Å². The van der Waals surface area contributed by atoms with Crippen LogP contribution in [-0.2, 0) is 13.0 Å². The van der Waals surface area contributed by atoms with Crippen molar-refractivity contribution in [1.82, 2.24) is 15.0 Å². The van der Waals surface area contributed by atoms with Gasteiger partial charge >= 0.3 is 0 Å². The molecule has 0 saturated heterocycles. The summed E-state index contributed by atoms with van der Waals surface area (Å²) in [6.45, 7) is 2.73. The highest BCUT2D eigenvalue weighted by Crippen LogP contribution is 2.17. The fourth-order valence-electron chi connectivity index (χ4n) is 1.44. The van der Waals surface area contributed by atoms with Crippen molar-refractivity contribution in [3.63, 3.8) is 0 Å². The number of halogens is 1. The summed E-state index contributed by atoms with van der Waals surface area (Å²) < 4.78 is 0. The van der Waals surface area contributed by atoms with Gasteiger partial charge in [0.2, 0.25) is 0 Å². The maximum Gasteiger partial charge on any atom is 0.134 e. The number of aryl methyl sites for hydroxylation is 1. The Kier molecular flexibility index (Phi) is 3.91. The Labute approximate surface area is 109 Å². The summed E-state index contributed by atoms with van der Waals surface area (Å²) in [7, 11) is 1.97. The summed E-state index contributed by atoms with van der Waals surface area (Å²) >= 11 is 7.55. The Morgan fingerprint density at radius 2 is 2.24 bits per heavy atom. The molecule has 0 N–H and O–H groups in total. The van der Waals surface area contributed by atoms with Crippen LogP contribution in [0.4, 0.5) is 5.82 Å². The van der Waals surface area contributed by atoms with E-state index in [1.54, 1.807) is 17.4 Å². The van der Waals surface area contributed by atoms with E-state index in [2.05, 4.69) is 15.0 Å². The molecule has 0 aromatic carbocycles. The topological polar surface area (TPSA) is 41.9 Å². The number of aromatic nitrogens is 3. The number of rotatable bonds is 4. The van der Waals surface area contributed by atoms with E-state index in [1.807, 2.05) is 29.8 Å². The molecular formula is C11H13ClN4S. The molecule has 0 aliphatic carbocycles. The summed E-state index contributed by atoms with van der Waals surface area (Å²) in [5, 5.41) is 2.51. The van der Waals surface area contributed by atoms with E-state index in [9.17, 15) is 0 Å². The van der Waals surface area contributed by atoms with Crippen LogP contribution in [0.5, 0.6) is 0 Å². The highest BCUT2D eigenvalue weighted by molar-refractivity contribution is 7.07. The summed E-state index contributed by atoms with van der Waals surface area (Å²) in [6.07, 6.45) is 0.776. The smallest absolute Gasteiger partial charge is 0.134 e. The van der Waals surface area contributed by atoms with Crippen LogP contribution in [0.1, 0.15) is 18.4 Å². The van der Waals surface area contributed by atoms with Gasteiger partial charge in [0.25, 0.3) is 0 Å². The molecule has 4 nitrogen and oxygen atoms in total. The molecule has 2 aromatic heterocycles. The van der Waals surface area contributed by atoms with Crippen LogP contribution in [0.25, 0.3) is 0 Å². The summed E-state index contributed by atoms with van der Waals surface area (Å²) in [5.41, 5.74) is 2.86. The lowest BCUT2D eigenvalue weighted by molar-refractivity contribution is 0.845. The molecule has 0 spiro atoms. The molecule has 0 aliphatic heterocycles. The molecular weight excluding hydrogens is 256 g/mol. The molecule has 0 radical (unpaired) electrons. The number of anilines is 1. The average Bonchev–Trinajstić information content (AvgIpc) is 2.81. The third kappa shape index (κ3) is 3.14. The van der Waals surface area contributed by atoms with Gasteiger partial charge in [0.15, 0.2) is 0 Å². The third-order valence-corrected chi connectivity index (χ3v) is 3.15. The monoisotopic (exact) mass is 268 g/mol. The van der Waals surface area contributed by atoms with Crippen molar-refractivity contribution in [2.24, 2.45) is 0 Å². The first-order chi connectivity index (χ1) is 8.19. The van der Waals surface area contributed by atoms with Gasteiger partial charge in [-0.1, -0.05) is 18.5 Å². The lowest BCUT2D eigenvalue weighted by atomic mass is 10.4. The van der Waals surface area contributed by atoms with E-state index in [4.69, 9.17) is 11.6 Å². The maximum atomic E-state index is 5.96. The Balaban J connectivity index is 2.18. The molecule has 0 bridgehead atoms. The SMILES string of the molecule is CCc1nc(Cl)cc(N(C)Cc2cscn2)n1. The molecule has 0 atom stereocenters. The van der Waals surface area contributed by atoms with E-state index < -0.39 is 0 Å². The fraction of sp³-hybridized carbons (Fsp3) is 0.364. The van der Waals surface area contributed by atoms with E-state index in [0.717, 1.165) is 30.3 Å². The van der Waals surface area contributed by atoms with E-state index in [0.29, 0.717) is 5.15 Å². The highest BCUT2D eigenvalue weighted by Gasteiger charge is 2.08. The number of hydrogen-bond acceptors (Lipinski definition) is 5. The molecule has 0 unspecified atom stereocenters. The minimum atomic E-state index is 0.483. The summed E-state index contributed by atoms with van der Waals surface area (Å²) in [5.74, 6) is 1.59. The fourth-order valence-corrected chi connectivity index (χ4v) is 2.19. The molecule has 0 aliphatic rings. The minimum absolute atomic E-state index is 0.483.